The van der Waals surface area contributed by atoms with Crippen LogP contribution in [0.15, 0.2) is 29.2 Å². The number of nitrogens with zero attached hydrogens (tertiary/aromatic N) is 3. The molecule has 0 bridgehead atoms. The highest BCUT2D eigenvalue weighted by atomic mass is 32.2. The van der Waals surface area contributed by atoms with E-state index in [1.807, 2.05) is 4.90 Å². The van der Waals surface area contributed by atoms with Crippen LogP contribution in [0.1, 0.15) is 31.2 Å². The molecule has 2 heterocycles. The van der Waals surface area contributed by atoms with E-state index < -0.39 is 10.0 Å². The second-order valence-electron chi connectivity index (χ2n) is 7.87. The highest BCUT2D eigenvalue weighted by molar-refractivity contribution is 7.89. The number of hydrogen-bond donors (Lipinski definition) is 1. The number of sulfonamides is 1. The third-order valence-corrected chi connectivity index (χ3v) is 7.54. The monoisotopic (exact) mass is 422 g/mol. The molecule has 1 atom stereocenters. The maximum atomic E-state index is 12.7. The summed E-state index contributed by atoms with van der Waals surface area (Å²) in [5, 5.41) is 2.88. The molecule has 29 heavy (non-hydrogen) atoms. The molecule has 2 aliphatic rings. The summed E-state index contributed by atoms with van der Waals surface area (Å²) < 4.78 is 26.2. The van der Waals surface area contributed by atoms with Gasteiger partial charge in [0.15, 0.2) is 0 Å². The highest BCUT2D eigenvalue weighted by Crippen LogP contribution is 2.21. The quantitative estimate of drug-likeness (QED) is 0.778. The number of likely N-dealkylation sites (tertiary alicyclic amines) is 2. The van der Waals surface area contributed by atoms with Crippen molar-refractivity contribution in [1.82, 2.24) is 19.4 Å². The number of nitrogens with one attached hydrogen (secondary N) is 1. The zero-order valence-corrected chi connectivity index (χ0v) is 18.0. The average Bonchev–Trinajstić information content (AvgIpc) is 3.26. The first-order chi connectivity index (χ1) is 13.8. The van der Waals surface area contributed by atoms with Gasteiger partial charge in [0.1, 0.15) is 0 Å². The summed E-state index contributed by atoms with van der Waals surface area (Å²) in [5.74, 6) is -0.408. The zero-order chi connectivity index (χ0) is 21.0. The van der Waals surface area contributed by atoms with Gasteiger partial charge in [0.25, 0.3) is 0 Å². The lowest BCUT2D eigenvalue weighted by Crippen LogP contribution is -2.49. The predicted molar refractivity (Wildman–Crippen MR) is 110 cm³/mol. The molecule has 0 spiro atoms. The van der Waals surface area contributed by atoms with Crippen molar-refractivity contribution in [2.45, 2.75) is 37.1 Å². The van der Waals surface area contributed by atoms with Gasteiger partial charge in [-0.2, -0.15) is 0 Å². The fraction of sp³-hybridized carbons (Fsp3) is 0.600. The third-order valence-electron chi connectivity index (χ3n) is 5.62. The van der Waals surface area contributed by atoms with Gasteiger partial charge < -0.3 is 15.1 Å². The number of amides is 3. The molecule has 0 aromatic heterocycles. The van der Waals surface area contributed by atoms with Crippen LogP contribution in [-0.2, 0) is 21.4 Å². The summed E-state index contributed by atoms with van der Waals surface area (Å²) >= 11 is 0. The Labute approximate surface area is 172 Å². The number of rotatable bonds is 5. The van der Waals surface area contributed by atoms with Crippen molar-refractivity contribution in [2.24, 2.45) is 5.92 Å². The second kappa shape index (κ2) is 9.13. The lowest BCUT2D eigenvalue weighted by Gasteiger charge is -2.34. The second-order valence-corrected chi connectivity index (χ2v) is 10.00. The molecule has 3 rings (SSSR count). The SMILES string of the molecule is CN(C)S(=O)(=O)c1ccccc1CNC(=O)C1CCCN(C(=O)N2CCCC2)C1. The van der Waals surface area contributed by atoms with Crippen LogP contribution in [0.2, 0.25) is 0 Å². The van der Waals surface area contributed by atoms with Gasteiger partial charge >= 0.3 is 6.03 Å². The van der Waals surface area contributed by atoms with Crippen molar-refractivity contribution in [3.05, 3.63) is 29.8 Å². The molecule has 1 unspecified atom stereocenters. The topological polar surface area (TPSA) is 90.0 Å². The number of piperidine rings is 1. The maximum Gasteiger partial charge on any atom is 0.320 e. The van der Waals surface area contributed by atoms with Crippen LogP contribution in [0.4, 0.5) is 4.79 Å². The molecule has 0 aliphatic carbocycles. The molecule has 8 nitrogen and oxygen atoms in total. The Kier molecular flexibility index (Phi) is 6.79. The van der Waals surface area contributed by atoms with Crippen LogP contribution < -0.4 is 5.32 Å². The van der Waals surface area contributed by atoms with E-state index in [0.29, 0.717) is 18.7 Å². The van der Waals surface area contributed by atoms with Gasteiger partial charge in [-0.3, -0.25) is 4.79 Å². The first kappa shape index (κ1) is 21.6. The molecule has 0 saturated carbocycles. The van der Waals surface area contributed by atoms with Crippen molar-refractivity contribution in [3.63, 3.8) is 0 Å². The van der Waals surface area contributed by atoms with Gasteiger partial charge in [0.2, 0.25) is 15.9 Å². The van der Waals surface area contributed by atoms with Crippen LogP contribution in [0.25, 0.3) is 0 Å². The van der Waals surface area contributed by atoms with Crippen molar-refractivity contribution < 1.29 is 18.0 Å². The van der Waals surface area contributed by atoms with E-state index in [1.165, 1.54) is 14.1 Å². The Balaban J connectivity index is 1.62. The first-order valence-corrected chi connectivity index (χ1v) is 11.6. The number of urea groups is 1. The fourth-order valence-electron chi connectivity index (χ4n) is 3.90. The van der Waals surface area contributed by atoms with E-state index in [1.54, 1.807) is 29.2 Å². The molecule has 1 aromatic rings. The fourth-order valence-corrected chi connectivity index (χ4v) is 5.01. The van der Waals surface area contributed by atoms with Gasteiger partial charge in [0.05, 0.1) is 10.8 Å². The summed E-state index contributed by atoms with van der Waals surface area (Å²) in [5.41, 5.74) is 0.551. The number of carbonyl (C=O) groups excluding carboxylic acids is 2. The standard InChI is InChI=1S/C20H30N4O4S/c1-22(2)29(27,28)18-10-4-3-8-16(18)14-21-19(25)17-9-7-13-24(15-17)20(26)23-11-5-6-12-23/h3-4,8,10,17H,5-7,9,11-15H2,1-2H3,(H,21,25). The third kappa shape index (κ3) is 4.90. The largest absolute Gasteiger partial charge is 0.352 e. The average molecular weight is 423 g/mol. The van der Waals surface area contributed by atoms with Crippen LogP contribution in [0, 0.1) is 5.92 Å². The minimum absolute atomic E-state index is 0.0300. The van der Waals surface area contributed by atoms with Gasteiger partial charge in [-0.05, 0) is 37.3 Å². The van der Waals surface area contributed by atoms with E-state index in [2.05, 4.69) is 5.32 Å². The Morgan fingerprint density at radius 3 is 2.41 bits per heavy atom. The van der Waals surface area contributed by atoms with Gasteiger partial charge in [-0.15, -0.1) is 0 Å². The molecule has 160 valence electrons. The van der Waals surface area contributed by atoms with E-state index in [0.717, 1.165) is 43.1 Å². The highest BCUT2D eigenvalue weighted by Gasteiger charge is 2.31. The minimum Gasteiger partial charge on any atom is -0.352 e. The Morgan fingerprint density at radius 2 is 1.72 bits per heavy atom. The van der Waals surface area contributed by atoms with Crippen LogP contribution in [-0.4, -0.2) is 74.7 Å². The number of carbonyl (C=O) groups is 2. The normalized spacial score (nSPS) is 20.2. The number of benzene rings is 1. The lowest BCUT2D eigenvalue weighted by atomic mass is 9.97. The van der Waals surface area contributed by atoms with Crippen LogP contribution >= 0.6 is 0 Å². The van der Waals surface area contributed by atoms with Crippen molar-refractivity contribution >= 4 is 22.0 Å². The molecule has 3 amide bonds. The molecule has 2 saturated heterocycles. The molecular weight excluding hydrogens is 392 g/mol. The van der Waals surface area contributed by atoms with Crippen LogP contribution in [0.5, 0.6) is 0 Å². The zero-order valence-electron chi connectivity index (χ0n) is 17.1. The summed E-state index contributed by atoms with van der Waals surface area (Å²) in [6.07, 6.45) is 3.61. The van der Waals surface area contributed by atoms with E-state index >= 15 is 0 Å². The molecule has 2 fully saturated rings. The first-order valence-electron chi connectivity index (χ1n) is 10.1. The van der Waals surface area contributed by atoms with Gasteiger partial charge in [0, 0.05) is 46.8 Å². The van der Waals surface area contributed by atoms with Gasteiger partial charge in [-0.25, -0.2) is 17.5 Å². The molecule has 9 heteroatoms. The Morgan fingerprint density at radius 1 is 1.07 bits per heavy atom. The van der Waals surface area contributed by atoms with E-state index in [4.69, 9.17) is 0 Å². The molecule has 1 N–H and O–H groups in total. The van der Waals surface area contributed by atoms with E-state index in [-0.39, 0.29) is 29.3 Å². The van der Waals surface area contributed by atoms with Crippen molar-refractivity contribution in [3.8, 4) is 0 Å². The Hall–Kier alpha value is -2.13. The predicted octanol–water partition coefficient (Wildman–Crippen LogP) is 1.48. The summed E-state index contributed by atoms with van der Waals surface area (Å²) in [6.45, 7) is 2.83. The molecule has 2 aliphatic heterocycles. The molecule has 1 aromatic carbocycles. The minimum atomic E-state index is -3.59. The summed E-state index contributed by atoms with van der Waals surface area (Å²) in [7, 11) is -0.617. The summed E-state index contributed by atoms with van der Waals surface area (Å²) in [6, 6.07) is 6.72. The van der Waals surface area contributed by atoms with Crippen molar-refractivity contribution in [2.75, 3.05) is 40.3 Å². The van der Waals surface area contributed by atoms with Crippen molar-refractivity contribution in [1.29, 1.82) is 0 Å². The van der Waals surface area contributed by atoms with Crippen LogP contribution in [0.3, 0.4) is 0 Å². The Bertz CT molecular complexity index is 850. The smallest absolute Gasteiger partial charge is 0.320 e. The number of hydrogen-bond acceptors (Lipinski definition) is 4. The van der Waals surface area contributed by atoms with Gasteiger partial charge in [-0.1, -0.05) is 18.2 Å². The summed E-state index contributed by atoms with van der Waals surface area (Å²) in [4.78, 5) is 29.2. The van der Waals surface area contributed by atoms with E-state index in [9.17, 15) is 18.0 Å². The maximum absolute atomic E-state index is 12.7. The molecular formula is C20H30N4O4S. The lowest BCUT2D eigenvalue weighted by molar-refractivity contribution is -0.126. The molecule has 0 radical (unpaired) electrons.